The highest BCUT2D eigenvalue weighted by atomic mass is 32.1. The van der Waals surface area contributed by atoms with E-state index in [9.17, 15) is 9.59 Å². The molecule has 18 heavy (non-hydrogen) atoms. The fourth-order valence-corrected chi connectivity index (χ4v) is 2.12. The number of hydrogen-bond donors (Lipinski definition) is 0. The molecule has 1 aromatic carbocycles. The summed E-state index contributed by atoms with van der Waals surface area (Å²) in [6.45, 7) is 0.307. The van der Waals surface area contributed by atoms with Crippen LogP contribution in [0.4, 0.5) is 0 Å². The van der Waals surface area contributed by atoms with E-state index in [0.29, 0.717) is 17.7 Å². The number of carbonyl (C=O) groups is 2. The van der Waals surface area contributed by atoms with Crippen LogP contribution in [-0.2, 0) is 11.3 Å². The Morgan fingerprint density at radius 3 is 2.44 bits per heavy atom. The van der Waals surface area contributed by atoms with Gasteiger partial charge in [-0.3, -0.25) is 4.79 Å². The number of nitrogens with zero attached hydrogens (tertiary/aromatic N) is 1. The molecule has 2 aromatic rings. The Kier molecular flexibility index (Phi) is 3.84. The minimum absolute atomic E-state index is 0.00909. The molecule has 0 atom stereocenters. The van der Waals surface area contributed by atoms with Crippen LogP contribution in [0.25, 0.3) is 0 Å². The largest absolute Gasteiger partial charge is 0.465 e. The lowest BCUT2D eigenvalue weighted by atomic mass is 10.1. The molecule has 0 radical (unpaired) electrons. The molecule has 0 saturated carbocycles. The molecule has 1 aromatic heterocycles. The number of carbonyl (C=O) groups excluding carboxylic acids is 2. The average Bonchev–Trinajstić information content (AvgIpc) is 2.91. The number of benzene rings is 1. The Morgan fingerprint density at radius 1 is 1.22 bits per heavy atom. The first-order chi connectivity index (χ1) is 8.70. The smallest absolute Gasteiger partial charge is 0.337 e. The quantitative estimate of drug-likeness (QED) is 0.479. The van der Waals surface area contributed by atoms with Crippen molar-refractivity contribution in [3.63, 3.8) is 0 Å². The molecule has 1 heterocycles. The van der Waals surface area contributed by atoms with E-state index in [4.69, 9.17) is 0 Å². The van der Waals surface area contributed by atoms with E-state index in [1.54, 1.807) is 24.3 Å². The summed E-state index contributed by atoms with van der Waals surface area (Å²) in [5, 5.41) is 1.91. The van der Waals surface area contributed by atoms with Gasteiger partial charge in [0.05, 0.1) is 18.1 Å². The van der Waals surface area contributed by atoms with E-state index in [0.717, 1.165) is 0 Å². The van der Waals surface area contributed by atoms with Crippen LogP contribution in [0.3, 0.4) is 0 Å². The molecule has 4 nitrogen and oxygen atoms in total. The number of methoxy groups -OCH3 is 1. The van der Waals surface area contributed by atoms with Crippen LogP contribution in [0, 0.1) is 0 Å². The van der Waals surface area contributed by atoms with Gasteiger partial charge in [0.15, 0.2) is 6.20 Å². The third-order valence-corrected chi connectivity index (χ3v) is 3.15. The van der Waals surface area contributed by atoms with Crippen molar-refractivity contribution in [3.05, 3.63) is 52.5 Å². The molecule has 2 rings (SSSR count). The predicted molar refractivity (Wildman–Crippen MR) is 66.6 cm³/mol. The molecule has 0 N–H and O–H groups in total. The second-order valence-corrected chi connectivity index (χ2v) is 4.45. The summed E-state index contributed by atoms with van der Waals surface area (Å²) in [6.07, 6.45) is 1.85. The molecule has 0 fully saturated rings. The van der Waals surface area contributed by atoms with E-state index in [1.807, 2.05) is 21.7 Å². The zero-order valence-electron chi connectivity index (χ0n) is 9.83. The Morgan fingerprint density at radius 2 is 1.89 bits per heavy atom. The fraction of sp³-hybridized carbons (Fsp3) is 0.154. The molecule has 0 aliphatic rings. The molecular formula is C13H12NO3S+. The fourth-order valence-electron chi connectivity index (χ4n) is 1.52. The number of ether oxygens (including phenoxy) is 1. The summed E-state index contributed by atoms with van der Waals surface area (Å²) in [4.78, 5) is 23.2. The maximum Gasteiger partial charge on any atom is 0.337 e. The minimum atomic E-state index is -0.402. The molecule has 0 spiro atoms. The van der Waals surface area contributed by atoms with Crippen LogP contribution in [-0.4, -0.2) is 18.9 Å². The lowest BCUT2D eigenvalue weighted by Gasteiger charge is -2.00. The Balaban J connectivity index is 2.09. The van der Waals surface area contributed by atoms with Crippen molar-refractivity contribution in [1.82, 2.24) is 0 Å². The van der Waals surface area contributed by atoms with Gasteiger partial charge in [-0.2, -0.15) is 4.57 Å². The second kappa shape index (κ2) is 5.55. The molecular weight excluding hydrogens is 250 g/mol. The monoisotopic (exact) mass is 262 g/mol. The van der Waals surface area contributed by atoms with Gasteiger partial charge >= 0.3 is 5.97 Å². The van der Waals surface area contributed by atoms with Crippen molar-refractivity contribution < 1.29 is 18.9 Å². The summed E-state index contributed by atoms with van der Waals surface area (Å²) >= 11 is 1.54. The summed E-state index contributed by atoms with van der Waals surface area (Å²) in [5.41, 5.74) is 2.90. The first-order valence-corrected chi connectivity index (χ1v) is 6.28. The van der Waals surface area contributed by atoms with Gasteiger partial charge in [0.25, 0.3) is 0 Å². The zero-order chi connectivity index (χ0) is 13.0. The van der Waals surface area contributed by atoms with Gasteiger partial charge in [0.2, 0.25) is 17.8 Å². The number of esters is 1. The predicted octanol–water partition coefficient (Wildman–Crippen LogP) is 1.71. The van der Waals surface area contributed by atoms with Crippen LogP contribution in [0.5, 0.6) is 0 Å². The van der Waals surface area contributed by atoms with Gasteiger partial charge in [0, 0.05) is 5.56 Å². The Labute approximate surface area is 108 Å². The number of rotatable bonds is 4. The molecule has 0 bridgehead atoms. The molecule has 92 valence electrons. The molecule has 5 heteroatoms. The topological polar surface area (TPSA) is 47.3 Å². The summed E-state index contributed by atoms with van der Waals surface area (Å²) in [7, 11) is 1.33. The summed E-state index contributed by atoms with van der Waals surface area (Å²) in [6, 6.07) is 6.47. The highest BCUT2D eigenvalue weighted by Crippen LogP contribution is 2.06. The van der Waals surface area contributed by atoms with Gasteiger partial charge in [-0.1, -0.05) is 23.5 Å². The van der Waals surface area contributed by atoms with Gasteiger partial charge in [-0.25, -0.2) is 4.79 Å². The normalized spacial score (nSPS) is 10.1. The highest BCUT2D eigenvalue weighted by molar-refractivity contribution is 7.07. The number of Topliss-reactive ketones (excluding diaryl/α,β-unsaturated/α-hetero) is 1. The van der Waals surface area contributed by atoms with Gasteiger partial charge in [0.1, 0.15) is 0 Å². The molecule has 0 aliphatic heterocycles. The molecule has 0 unspecified atom stereocenters. The Bertz CT molecular complexity index is 546. The van der Waals surface area contributed by atoms with E-state index in [-0.39, 0.29) is 5.78 Å². The van der Waals surface area contributed by atoms with Crippen molar-refractivity contribution in [2.24, 2.45) is 0 Å². The van der Waals surface area contributed by atoms with Crippen molar-refractivity contribution >= 4 is 23.1 Å². The minimum Gasteiger partial charge on any atom is -0.465 e. The van der Waals surface area contributed by atoms with Crippen molar-refractivity contribution in [2.75, 3.05) is 7.11 Å². The van der Waals surface area contributed by atoms with Gasteiger partial charge < -0.3 is 4.74 Å². The standard InChI is InChI=1S/C13H12NO3S/c1-17-13(16)11-4-2-10(3-5-11)12(15)8-14-6-7-18-9-14/h2-7,9H,8H2,1H3/q+1. The molecule has 0 amide bonds. The van der Waals surface area contributed by atoms with Crippen LogP contribution in [0.1, 0.15) is 20.7 Å². The van der Waals surface area contributed by atoms with Crippen LogP contribution < -0.4 is 4.57 Å². The van der Waals surface area contributed by atoms with Gasteiger partial charge in [-0.15, -0.1) is 0 Å². The van der Waals surface area contributed by atoms with Crippen LogP contribution in [0.2, 0.25) is 0 Å². The molecule has 0 saturated heterocycles. The zero-order valence-corrected chi connectivity index (χ0v) is 10.6. The Hall–Kier alpha value is -2.01. The lowest BCUT2D eigenvalue weighted by molar-refractivity contribution is -0.678. The summed E-state index contributed by atoms with van der Waals surface area (Å²) in [5.74, 6) is -0.393. The SMILES string of the molecule is COC(=O)c1ccc(C(=O)C[n+]2ccsc2)cc1. The summed E-state index contributed by atoms with van der Waals surface area (Å²) < 4.78 is 6.42. The van der Waals surface area contributed by atoms with E-state index in [1.165, 1.54) is 18.4 Å². The average molecular weight is 262 g/mol. The second-order valence-electron chi connectivity index (χ2n) is 3.69. The maximum absolute atomic E-state index is 11.9. The number of thiazole rings is 1. The van der Waals surface area contributed by atoms with E-state index in [2.05, 4.69) is 4.74 Å². The third kappa shape index (κ3) is 2.81. The maximum atomic E-state index is 11.9. The van der Waals surface area contributed by atoms with Crippen LogP contribution in [0.15, 0.2) is 41.4 Å². The molecule has 0 aliphatic carbocycles. The third-order valence-electron chi connectivity index (χ3n) is 2.48. The van der Waals surface area contributed by atoms with Crippen molar-refractivity contribution in [2.45, 2.75) is 6.54 Å². The first kappa shape index (κ1) is 12.4. The first-order valence-electron chi connectivity index (χ1n) is 5.33. The number of hydrogen-bond acceptors (Lipinski definition) is 4. The van der Waals surface area contributed by atoms with Crippen LogP contribution >= 0.6 is 11.3 Å². The van der Waals surface area contributed by atoms with E-state index < -0.39 is 5.97 Å². The van der Waals surface area contributed by atoms with Crippen molar-refractivity contribution in [1.29, 1.82) is 0 Å². The van der Waals surface area contributed by atoms with E-state index >= 15 is 0 Å². The lowest BCUT2D eigenvalue weighted by Crippen LogP contribution is -2.34. The highest BCUT2D eigenvalue weighted by Gasteiger charge is 2.13. The van der Waals surface area contributed by atoms with Gasteiger partial charge in [-0.05, 0) is 12.1 Å². The van der Waals surface area contributed by atoms with Crippen molar-refractivity contribution in [3.8, 4) is 0 Å². The number of aromatic nitrogens is 1. The number of ketones is 1.